The quantitative estimate of drug-likeness (QED) is 0.0558. The van der Waals surface area contributed by atoms with Gasteiger partial charge in [-0.05, 0) is 45.4 Å². The van der Waals surface area contributed by atoms with Gasteiger partial charge in [0, 0.05) is 19.6 Å². The van der Waals surface area contributed by atoms with Gasteiger partial charge >= 0.3 is 5.97 Å². The van der Waals surface area contributed by atoms with E-state index in [1.165, 1.54) is 11.8 Å². The van der Waals surface area contributed by atoms with Gasteiger partial charge in [0.2, 0.25) is 17.7 Å². The number of guanidine groups is 2. The van der Waals surface area contributed by atoms with Crippen molar-refractivity contribution >= 4 is 35.6 Å². The molecule has 1 saturated heterocycles. The van der Waals surface area contributed by atoms with Crippen molar-refractivity contribution in [2.45, 2.75) is 75.7 Å². The first-order valence-corrected chi connectivity index (χ1v) is 12.0. The topological polar surface area (TPSA) is 291 Å². The van der Waals surface area contributed by atoms with Crippen molar-refractivity contribution < 1.29 is 29.4 Å². The van der Waals surface area contributed by atoms with Gasteiger partial charge in [0.25, 0.3) is 0 Å². The molecule has 1 aliphatic heterocycles. The van der Waals surface area contributed by atoms with Gasteiger partial charge in [-0.1, -0.05) is 0 Å². The van der Waals surface area contributed by atoms with Crippen LogP contribution in [0.15, 0.2) is 9.98 Å². The third-order valence-electron chi connectivity index (χ3n) is 5.78. The highest BCUT2D eigenvalue weighted by Gasteiger charge is 2.38. The number of rotatable bonds is 15. The Labute approximate surface area is 215 Å². The molecule has 37 heavy (non-hydrogen) atoms. The van der Waals surface area contributed by atoms with Gasteiger partial charge in [-0.3, -0.25) is 24.4 Å². The van der Waals surface area contributed by atoms with Crippen molar-refractivity contribution in [2.75, 3.05) is 19.6 Å². The molecule has 5 unspecified atom stereocenters. The summed E-state index contributed by atoms with van der Waals surface area (Å²) in [6.07, 6.45) is 0.518. The molecule has 0 aromatic carbocycles. The van der Waals surface area contributed by atoms with E-state index in [-0.39, 0.29) is 44.4 Å². The Bertz CT molecular complexity index is 857. The molecule has 0 radical (unpaired) electrons. The highest BCUT2D eigenvalue weighted by atomic mass is 16.4. The Kier molecular flexibility index (Phi) is 13.1. The number of carboxylic acid groups (broad SMARTS) is 1. The number of aliphatic hydroxyl groups is 1. The van der Waals surface area contributed by atoms with Crippen LogP contribution in [-0.2, 0) is 19.2 Å². The van der Waals surface area contributed by atoms with Gasteiger partial charge in [-0.15, -0.1) is 0 Å². The molecule has 1 aliphatic rings. The Balaban J connectivity index is 2.95. The Hall–Kier alpha value is -3.66. The third-order valence-corrected chi connectivity index (χ3v) is 5.78. The van der Waals surface area contributed by atoms with E-state index < -0.39 is 54.0 Å². The lowest BCUT2D eigenvalue weighted by atomic mass is 10.1. The zero-order chi connectivity index (χ0) is 28.1. The number of carbonyl (C=O) groups excluding carboxylic acids is 3. The summed E-state index contributed by atoms with van der Waals surface area (Å²) in [5.74, 6) is -3.41. The first-order chi connectivity index (χ1) is 17.3. The fourth-order valence-electron chi connectivity index (χ4n) is 3.77. The largest absolute Gasteiger partial charge is 0.480 e. The van der Waals surface area contributed by atoms with Crippen molar-refractivity contribution in [3.8, 4) is 0 Å². The highest BCUT2D eigenvalue weighted by molar-refractivity contribution is 5.94. The minimum absolute atomic E-state index is 0.0503. The number of aliphatic hydroxyl groups excluding tert-OH is 1. The van der Waals surface area contributed by atoms with Gasteiger partial charge in [0.15, 0.2) is 11.9 Å². The number of hydrogen-bond acceptors (Lipinski definition) is 8. The van der Waals surface area contributed by atoms with Crippen molar-refractivity contribution in [2.24, 2.45) is 38.7 Å². The fourth-order valence-corrected chi connectivity index (χ4v) is 3.77. The van der Waals surface area contributed by atoms with E-state index in [0.29, 0.717) is 25.7 Å². The molecule has 3 amide bonds. The molecule has 0 aromatic heterocycles. The zero-order valence-electron chi connectivity index (χ0n) is 21.0. The van der Waals surface area contributed by atoms with E-state index in [9.17, 15) is 29.4 Å². The second kappa shape index (κ2) is 15.5. The summed E-state index contributed by atoms with van der Waals surface area (Å²) in [6, 6.07) is -4.45. The summed E-state index contributed by atoms with van der Waals surface area (Å²) in [4.78, 5) is 59.3. The van der Waals surface area contributed by atoms with Crippen LogP contribution in [-0.4, -0.2) is 101 Å². The number of hydrogen-bond donors (Lipinski definition) is 9. The van der Waals surface area contributed by atoms with Crippen LogP contribution >= 0.6 is 0 Å². The predicted octanol–water partition coefficient (Wildman–Crippen LogP) is -4.15. The van der Waals surface area contributed by atoms with E-state index in [1.54, 1.807) is 0 Å². The fraction of sp³-hybridized carbons (Fsp3) is 0.714. The van der Waals surface area contributed by atoms with E-state index in [0.717, 1.165) is 0 Å². The average molecular weight is 529 g/mol. The smallest absolute Gasteiger partial charge is 0.326 e. The maximum absolute atomic E-state index is 13.1. The summed E-state index contributed by atoms with van der Waals surface area (Å²) in [5.41, 5.74) is 26.9. The SMILES string of the molecule is CC(O)C(N)C(=O)N1CCCC1C(=O)NC(CCCN=C(N)N)C(=O)NC(CCCN=C(N)N)C(=O)O. The Morgan fingerprint density at radius 2 is 1.51 bits per heavy atom. The third kappa shape index (κ3) is 10.9. The van der Waals surface area contributed by atoms with Crippen LogP contribution in [0, 0.1) is 0 Å². The lowest BCUT2D eigenvalue weighted by Crippen LogP contribution is -2.57. The predicted molar refractivity (Wildman–Crippen MR) is 136 cm³/mol. The van der Waals surface area contributed by atoms with Crippen LogP contribution in [0.4, 0.5) is 0 Å². The molecule has 5 atom stereocenters. The summed E-state index contributed by atoms with van der Waals surface area (Å²) < 4.78 is 0. The lowest BCUT2D eigenvalue weighted by molar-refractivity contribution is -0.143. The minimum Gasteiger partial charge on any atom is -0.480 e. The number of nitrogens with one attached hydrogen (secondary N) is 2. The maximum atomic E-state index is 13.1. The number of aliphatic carboxylic acids is 1. The summed E-state index contributed by atoms with van der Waals surface area (Å²) >= 11 is 0. The monoisotopic (exact) mass is 528 g/mol. The number of amides is 3. The first kappa shape index (κ1) is 31.4. The Morgan fingerprint density at radius 1 is 0.973 bits per heavy atom. The normalized spacial score (nSPS) is 18.1. The first-order valence-electron chi connectivity index (χ1n) is 12.0. The number of nitrogens with zero attached hydrogens (tertiary/aromatic N) is 3. The molecule has 0 bridgehead atoms. The van der Waals surface area contributed by atoms with Crippen molar-refractivity contribution in [1.29, 1.82) is 0 Å². The van der Waals surface area contributed by atoms with Crippen LogP contribution in [0.5, 0.6) is 0 Å². The van der Waals surface area contributed by atoms with E-state index in [4.69, 9.17) is 28.7 Å². The number of likely N-dealkylation sites (tertiary alicyclic amines) is 1. The molecule has 0 aliphatic carbocycles. The van der Waals surface area contributed by atoms with Crippen LogP contribution in [0.3, 0.4) is 0 Å². The van der Waals surface area contributed by atoms with E-state index in [1.807, 2.05) is 0 Å². The van der Waals surface area contributed by atoms with E-state index >= 15 is 0 Å². The van der Waals surface area contributed by atoms with Crippen LogP contribution in [0.25, 0.3) is 0 Å². The van der Waals surface area contributed by atoms with Gasteiger partial charge in [-0.25, -0.2) is 4.79 Å². The van der Waals surface area contributed by atoms with Gasteiger partial charge < -0.3 is 54.4 Å². The molecule has 1 heterocycles. The van der Waals surface area contributed by atoms with Crippen molar-refractivity contribution in [3.63, 3.8) is 0 Å². The van der Waals surface area contributed by atoms with Crippen LogP contribution in [0.1, 0.15) is 45.4 Å². The number of nitrogens with two attached hydrogens (primary N) is 5. The second-order valence-electron chi connectivity index (χ2n) is 8.81. The minimum atomic E-state index is -1.26. The molecule has 210 valence electrons. The van der Waals surface area contributed by atoms with Crippen molar-refractivity contribution in [1.82, 2.24) is 15.5 Å². The zero-order valence-corrected chi connectivity index (χ0v) is 21.0. The van der Waals surface area contributed by atoms with Gasteiger partial charge in [-0.2, -0.15) is 0 Å². The number of carboxylic acids is 1. The van der Waals surface area contributed by atoms with Crippen LogP contribution < -0.4 is 39.3 Å². The standard InChI is InChI=1S/C21H40N10O6/c1-11(32)15(22)18(35)31-10-4-7-14(31)17(34)29-12(5-2-8-27-20(23)24)16(33)30-13(19(36)37)6-3-9-28-21(25)26/h11-15,32H,2-10,22H2,1H3,(H,29,34)(H,30,33)(H,36,37)(H4,23,24,27)(H4,25,26,28). The summed E-state index contributed by atoms with van der Waals surface area (Å²) in [6.45, 7) is 2.01. The number of aliphatic imine (C=N–C) groups is 2. The Morgan fingerprint density at radius 3 is 2.00 bits per heavy atom. The number of carbonyl (C=O) groups is 4. The van der Waals surface area contributed by atoms with Crippen LogP contribution in [0.2, 0.25) is 0 Å². The lowest BCUT2D eigenvalue weighted by Gasteiger charge is -2.29. The maximum Gasteiger partial charge on any atom is 0.326 e. The van der Waals surface area contributed by atoms with Gasteiger partial charge in [0.1, 0.15) is 24.2 Å². The second-order valence-corrected chi connectivity index (χ2v) is 8.81. The molecule has 1 fully saturated rings. The molecule has 0 spiro atoms. The van der Waals surface area contributed by atoms with Gasteiger partial charge in [0.05, 0.1) is 6.10 Å². The summed E-state index contributed by atoms with van der Waals surface area (Å²) in [7, 11) is 0. The molecule has 0 aromatic rings. The molecule has 16 heteroatoms. The molecule has 1 rings (SSSR count). The summed E-state index contributed by atoms with van der Waals surface area (Å²) in [5, 5.41) is 24.2. The van der Waals surface area contributed by atoms with E-state index in [2.05, 4.69) is 20.6 Å². The molecule has 14 N–H and O–H groups in total. The molecule has 16 nitrogen and oxygen atoms in total. The molecular formula is C21H40N10O6. The molecule has 0 saturated carbocycles. The highest BCUT2D eigenvalue weighted by Crippen LogP contribution is 2.19. The average Bonchev–Trinajstić information content (AvgIpc) is 3.31. The molecular weight excluding hydrogens is 488 g/mol. The van der Waals surface area contributed by atoms with Crippen molar-refractivity contribution in [3.05, 3.63) is 0 Å².